The smallest absolute Gasteiger partial charge is 0.261 e. The Morgan fingerprint density at radius 1 is 1.31 bits per heavy atom. The normalized spacial score (nSPS) is 13.3. The average Bonchev–Trinajstić information content (AvgIpc) is 1.81. The monoisotopic (exact) mass is 202 g/mol. The molecule has 13 heavy (non-hydrogen) atoms. The number of rotatable bonds is 5. The second-order valence-electron chi connectivity index (χ2n) is 4.31. The topological polar surface area (TPSA) is 18.5 Å². The molecule has 0 aromatic carbocycles. The van der Waals surface area contributed by atoms with Crippen LogP contribution in [0.25, 0.3) is 0 Å². The molecule has 0 aliphatic heterocycles. The molecule has 0 N–H and O–H groups in total. The lowest BCUT2D eigenvalue weighted by Crippen LogP contribution is -2.26. The minimum absolute atomic E-state index is 0.189. The molecule has 0 spiro atoms. The summed E-state index contributed by atoms with van der Waals surface area (Å²) in [5, 5.41) is 0. The third-order valence-electron chi connectivity index (χ3n) is 1.13. The van der Waals surface area contributed by atoms with Crippen LogP contribution in [0.1, 0.15) is 27.2 Å². The molecule has 0 rings (SSSR count). The molecule has 0 amide bonds. The Morgan fingerprint density at radius 3 is 2.15 bits per heavy atom. The molecule has 0 unspecified atom stereocenters. The fourth-order valence-electron chi connectivity index (χ4n) is 0.815. The molecular formula is C10H22O2Si. The molecule has 78 valence electrons. The van der Waals surface area contributed by atoms with E-state index in [4.69, 9.17) is 9.16 Å². The fraction of sp³-hybridized carbons (Fsp3) is 0.800. The molecule has 0 heterocycles. The van der Waals surface area contributed by atoms with Gasteiger partial charge in [-0.2, -0.15) is 0 Å². The van der Waals surface area contributed by atoms with Crippen LogP contribution in [0.3, 0.4) is 0 Å². The van der Waals surface area contributed by atoms with E-state index in [0.29, 0.717) is 5.95 Å². The van der Waals surface area contributed by atoms with Crippen LogP contribution < -0.4 is 0 Å². The van der Waals surface area contributed by atoms with Crippen LogP contribution in [0, 0.1) is 0 Å². The van der Waals surface area contributed by atoms with Crippen molar-refractivity contribution in [1.29, 1.82) is 0 Å². The summed E-state index contributed by atoms with van der Waals surface area (Å²) in [5.41, 5.74) is 0. The lowest BCUT2D eigenvalue weighted by molar-refractivity contribution is 0.0591. The second kappa shape index (κ2) is 5.32. The fourth-order valence-corrected chi connectivity index (χ4v) is 1.55. The Bertz CT molecular complexity index is 168. The summed E-state index contributed by atoms with van der Waals surface area (Å²) in [4.78, 5) is 0. The van der Waals surface area contributed by atoms with Crippen LogP contribution >= 0.6 is 0 Å². The Kier molecular flexibility index (Phi) is 5.14. The van der Waals surface area contributed by atoms with E-state index in [1.165, 1.54) is 0 Å². The first kappa shape index (κ1) is 12.6. The average molecular weight is 202 g/mol. The van der Waals surface area contributed by atoms with Crippen LogP contribution in [0.2, 0.25) is 19.6 Å². The predicted molar refractivity (Wildman–Crippen MR) is 59.0 cm³/mol. The molecule has 0 bridgehead atoms. The maximum absolute atomic E-state index is 5.77. The predicted octanol–water partition coefficient (Wildman–Crippen LogP) is 3.51. The van der Waals surface area contributed by atoms with Gasteiger partial charge in [0.05, 0.1) is 6.10 Å². The summed E-state index contributed by atoms with van der Waals surface area (Å²) >= 11 is 0. The minimum atomic E-state index is -1.52. The van der Waals surface area contributed by atoms with Gasteiger partial charge in [0.25, 0.3) is 5.95 Å². The molecule has 3 heteroatoms. The lowest BCUT2D eigenvalue weighted by atomic mass is 10.4. The highest BCUT2D eigenvalue weighted by atomic mass is 28.4. The minimum Gasteiger partial charge on any atom is -0.520 e. The number of allylic oxidation sites excluding steroid dienone is 1. The summed E-state index contributed by atoms with van der Waals surface area (Å²) in [7, 11) is -1.52. The van der Waals surface area contributed by atoms with E-state index in [-0.39, 0.29) is 6.10 Å². The molecule has 0 aromatic heterocycles. The lowest BCUT2D eigenvalue weighted by Gasteiger charge is -2.23. The number of hydrogen-bond acceptors (Lipinski definition) is 2. The van der Waals surface area contributed by atoms with Gasteiger partial charge in [-0.3, -0.25) is 0 Å². The van der Waals surface area contributed by atoms with Crippen LogP contribution in [0.15, 0.2) is 12.0 Å². The highest BCUT2D eigenvalue weighted by Crippen LogP contribution is 2.13. The number of hydrogen-bond donors (Lipinski definition) is 0. The van der Waals surface area contributed by atoms with Crippen molar-refractivity contribution in [3.05, 3.63) is 12.0 Å². The Labute approximate surface area is 83.1 Å². The van der Waals surface area contributed by atoms with Gasteiger partial charge < -0.3 is 9.16 Å². The van der Waals surface area contributed by atoms with Gasteiger partial charge in [-0.05, 0) is 46.0 Å². The molecule has 2 nitrogen and oxygen atoms in total. The molecule has 0 aliphatic carbocycles. The van der Waals surface area contributed by atoms with Gasteiger partial charge in [-0.1, -0.05) is 6.92 Å². The molecule has 0 atom stereocenters. The molecule has 0 aromatic rings. The van der Waals surface area contributed by atoms with Crippen LogP contribution in [-0.4, -0.2) is 14.4 Å². The second-order valence-corrected chi connectivity index (χ2v) is 8.74. The highest BCUT2D eigenvalue weighted by molar-refractivity contribution is 6.69. The third-order valence-corrected chi connectivity index (χ3v) is 1.94. The van der Waals surface area contributed by atoms with Gasteiger partial charge in [0.2, 0.25) is 8.32 Å². The van der Waals surface area contributed by atoms with E-state index in [1.807, 2.05) is 19.9 Å². The number of ether oxygens (including phenoxy) is 1. The van der Waals surface area contributed by atoms with Gasteiger partial charge in [-0.15, -0.1) is 0 Å². The van der Waals surface area contributed by atoms with Gasteiger partial charge in [0.1, 0.15) is 0 Å². The zero-order valence-corrected chi connectivity index (χ0v) is 10.7. The summed E-state index contributed by atoms with van der Waals surface area (Å²) in [5.74, 6) is 0.705. The van der Waals surface area contributed by atoms with Crippen molar-refractivity contribution in [3.63, 3.8) is 0 Å². The largest absolute Gasteiger partial charge is 0.520 e. The van der Waals surface area contributed by atoms with Crippen LogP contribution in [0.5, 0.6) is 0 Å². The summed E-state index contributed by atoms with van der Waals surface area (Å²) in [6, 6.07) is 0. The van der Waals surface area contributed by atoms with E-state index in [1.54, 1.807) is 0 Å². The third kappa shape index (κ3) is 7.90. The van der Waals surface area contributed by atoms with Crippen molar-refractivity contribution in [2.24, 2.45) is 0 Å². The summed E-state index contributed by atoms with van der Waals surface area (Å²) < 4.78 is 11.3. The summed E-state index contributed by atoms with van der Waals surface area (Å²) in [6.07, 6.45) is 3.14. The molecule has 0 radical (unpaired) electrons. The SMILES string of the molecule is CC/C=C(/OC(C)C)O[Si](C)(C)C. The quantitative estimate of drug-likeness (QED) is 0.502. The molecule has 0 aliphatic rings. The van der Waals surface area contributed by atoms with Gasteiger partial charge in [0.15, 0.2) is 0 Å². The van der Waals surface area contributed by atoms with Gasteiger partial charge in [-0.25, -0.2) is 0 Å². The van der Waals surface area contributed by atoms with Crippen molar-refractivity contribution in [1.82, 2.24) is 0 Å². The first-order valence-corrected chi connectivity index (χ1v) is 8.32. The van der Waals surface area contributed by atoms with Crippen molar-refractivity contribution in [2.75, 3.05) is 0 Å². The van der Waals surface area contributed by atoms with Crippen LogP contribution in [0.4, 0.5) is 0 Å². The zero-order chi connectivity index (χ0) is 10.5. The first-order valence-electron chi connectivity index (χ1n) is 4.91. The standard InChI is InChI=1S/C10H22O2Si/c1-7-8-10(11-9(2)3)12-13(4,5)6/h8-9H,7H2,1-6H3/b10-8-. The highest BCUT2D eigenvalue weighted by Gasteiger charge is 2.18. The molecular weight excluding hydrogens is 180 g/mol. The van der Waals surface area contributed by atoms with Gasteiger partial charge >= 0.3 is 0 Å². The Balaban J connectivity index is 4.19. The van der Waals surface area contributed by atoms with E-state index in [2.05, 4.69) is 26.6 Å². The van der Waals surface area contributed by atoms with Crippen molar-refractivity contribution < 1.29 is 9.16 Å². The first-order chi connectivity index (χ1) is 5.85. The Morgan fingerprint density at radius 2 is 1.85 bits per heavy atom. The summed E-state index contributed by atoms with van der Waals surface area (Å²) in [6.45, 7) is 12.6. The molecule has 0 saturated carbocycles. The maximum atomic E-state index is 5.77. The molecule has 0 saturated heterocycles. The zero-order valence-electron chi connectivity index (χ0n) is 9.68. The van der Waals surface area contributed by atoms with E-state index in [0.717, 1.165) is 6.42 Å². The van der Waals surface area contributed by atoms with E-state index in [9.17, 15) is 0 Å². The van der Waals surface area contributed by atoms with E-state index < -0.39 is 8.32 Å². The van der Waals surface area contributed by atoms with Gasteiger partial charge in [0, 0.05) is 0 Å². The van der Waals surface area contributed by atoms with Crippen LogP contribution in [-0.2, 0) is 9.16 Å². The van der Waals surface area contributed by atoms with Crippen molar-refractivity contribution >= 4 is 8.32 Å². The Hall–Kier alpha value is -0.443. The van der Waals surface area contributed by atoms with Crippen molar-refractivity contribution in [2.45, 2.75) is 52.9 Å². The van der Waals surface area contributed by atoms with Crippen molar-refractivity contribution in [3.8, 4) is 0 Å². The van der Waals surface area contributed by atoms with E-state index >= 15 is 0 Å². The molecule has 0 fully saturated rings. The maximum Gasteiger partial charge on any atom is 0.261 e.